The van der Waals surface area contributed by atoms with E-state index in [1.165, 1.54) is 38.9 Å². The molecule has 70 valence electrons. The van der Waals surface area contributed by atoms with Gasteiger partial charge in [-0.2, -0.15) is 0 Å². The first kappa shape index (κ1) is 8.48. The maximum absolute atomic E-state index is 5.87. The summed E-state index contributed by atoms with van der Waals surface area (Å²) in [5.74, 6) is 0. The van der Waals surface area contributed by atoms with E-state index in [9.17, 15) is 0 Å². The monoisotopic (exact) mass is 169 g/mol. The molecule has 0 bridgehead atoms. The Morgan fingerprint density at radius 3 is 2.50 bits per heavy atom. The molecule has 0 aromatic heterocycles. The number of hydrogen-bond donors (Lipinski definition) is 2. The molecule has 0 saturated carbocycles. The van der Waals surface area contributed by atoms with Crippen LogP contribution < -0.4 is 11.1 Å². The highest BCUT2D eigenvalue weighted by Crippen LogP contribution is 2.17. The predicted octanol–water partition coefficient (Wildman–Crippen LogP) is -0.229. The minimum atomic E-state index is 0.444. The van der Waals surface area contributed by atoms with Crippen molar-refractivity contribution in [2.45, 2.75) is 31.3 Å². The molecule has 0 aromatic carbocycles. The molecule has 0 radical (unpaired) electrons. The number of rotatable bonds is 1. The Balaban J connectivity index is 1.83. The van der Waals surface area contributed by atoms with Crippen LogP contribution in [0.4, 0.5) is 0 Å². The molecule has 12 heavy (non-hydrogen) atoms. The van der Waals surface area contributed by atoms with Crippen LogP contribution in [-0.4, -0.2) is 43.2 Å². The zero-order valence-corrected chi connectivity index (χ0v) is 7.63. The maximum atomic E-state index is 5.87. The second-order valence-corrected chi connectivity index (χ2v) is 4.02. The molecule has 2 fully saturated rings. The average molecular weight is 169 g/mol. The fourth-order valence-electron chi connectivity index (χ4n) is 2.32. The van der Waals surface area contributed by atoms with Gasteiger partial charge in [0.2, 0.25) is 0 Å². The fourth-order valence-corrected chi connectivity index (χ4v) is 2.32. The van der Waals surface area contributed by atoms with Crippen LogP contribution in [0.1, 0.15) is 19.3 Å². The Bertz CT molecular complexity index is 140. The van der Waals surface area contributed by atoms with Gasteiger partial charge in [0.05, 0.1) is 0 Å². The standard InChI is InChI=1S/C9H19N3/c10-8-3-6-12(7-8)9-1-4-11-5-2-9/h8-9,11H,1-7,10H2. The van der Waals surface area contributed by atoms with Gasteiger partial charge in [-0.05, 0) is 32.4 Å². The molecule has 0 amide bonds. The van der Waals surface area contributed by atoms with Gasteiger partial charge in [0, 0.05) is 25.2 Å². The smallest absolute Gasteiger partial charge is 0.0180 e. The van der Waals surface area contributed by atoms with Crippen molar-refractivity contribution >= 4 is 0 Å². The summed E-state index contributed by atoms with van der Waals surface area (Å²) in [5, 5.41) is 3.39. The molecule has 0 aliphatic carbocycles. The maximum Gasteiger partial charge on any atom is 0.0180 e. The van der Waals surface area contributed by atoms with E-state index in [1.54, 1.807) is 0 Å². The van der Waals surface area contributed by atoms with Gasteiger partial charge in [0.25, 0.3) is 0 Å². The van der Waals surface area contributed by atoms with E-state index < -0.39 is 0 Å². The number of nitrogens with one attached hydrogen (secondary N) is 1. The van der Waals surface area contributed by atoms with Crippen molar-refractivity contribution < 1.29 is 0 Å². The minimum Gasteiger partial charge on any atom is -0.326 e. The van der Waals surface area contributed by atoms with Crippen LogP contribution in [0.5, 0.6) is 0 Å². The van der Waals surface area contributed by atoms with Crippen molar-refractivity contribution in [1.82, 2.24) is 10.2 Å². The van der Waals surface area contributed by atoms with E-state index >= 15 is 0 Å². The summed E-state index contributed by atoms with van der Waals surface area (Å²) >= 11 is 0. The third kappa shape index (κ3) is 1.79. The Morgan fingerprint density at radius 1 is 1.17 bits per heavy atom. The molecule has 3 nitrogen and oxygen atoms in total. The minimum absolute atomic E-state index is 0.444. The molecule has 0 spiro atoms. The summed E-state index contributed by atoms with van der Waals surface area (Å²) in [6.07, 6.45) is 3.82. The van der Waals surface area contributed by atoms with E-state index in [4.69, 9.17) is 5.73 Å². The van der Waals surface area contributed by atoms with E-state index in [-0.39, 0.29) is 0 Å². The van der Waals surface area contributed by atoms with Crippen molar-refractivity contribution in [1.29, 1.82) is 0 Å². The number of nitrogens with zero attached hydrogens (tertiary/aromatic N) is 1. The highest BCUT2D eigenvalue weighted by atomic mass is 15.2. The molecule has 1 atom stereocenters. The lowest BCUT2D eigenvalue weighted by Crippen LogP contribution is -2.42. The van der Waals surface area contributed by atoms with Crippen molar-refractivity contribution in [2.24, 2.45) is 5.73 Å². The van der Waals surface area contributed by atoms with Crippen LogP contribution in [0.25, 0.3) is 0 Å². The highest BCUT2D eigenvalue weighted by Gasteiger charge is 2.26. The van der Waals surface area contributed by atoms with Gasteiger partial charge in [-0.25, -0.2) is 0 Å². The molecule has 2 aliphatic heterocycles. The van der Waals surface area contributed by atoms with Crippen molar-refractivity contribution in [3.05, 3.63) is 0 Å². The van der Waals surface area contributed by atoms with Crippen LogP contribution >= 0.6 is 0 Å². The predicted molar refractivity (Wildman–Crippen MR) is 50.1 cm³/mol. The second-order valence-electron chi connectivity index (χ2n) is 4.02. The molecule has 2 saturated heterocycles. The Labute approximate surface area is 74.3 Å². The van der Waals surface area contributed by atoms with Gasteiger partial charge in [-0.3, -0.25) is 4.90 Å². The SMILES string of the molecule is NC1CCN(C2CCNCC2)C1. The molecule has 3 N–H and O–H groups in total. The zero-order valence-electron chi connectivity index (χ0n) is 7.63. The van der Waals surface area contributed by atoms with Gasteiger partial charge in [-0.1, -0.05) is 0 Å². The van der Waals surface area contributed by atoms with Crippen molar-refractivity contribution in [3.8, 4) is 0 Å². The molecule has 2 aliphatic rings. The summed E-state index contributed by atoms with van der Waals surface area (Å²) in [7, 11) is 0. The van der Waals surface area contributed by atoms with Gasteiger partial charge in [0.1, 0.15) is 0 Å². The quantitative estimate of drug-likeness (QED) is 0.570. The Hall–Kier alpha value is -0.120. The normalized spacial score (nSPS) is 34.2. The topological polar surface area (TPSA) is 41.3 Å². The first-order valence-electron chi connectivity index (χ1n) is 5.06. The van der Waals surface area contributed by atoms with Crippen LogP contribution in [0.3, 0.4) is 0 Å². The third-order valence-corrected chi connectivity index (χ3v) is 3.08. The van der Waals surface area contributed by atoms with Crippen molar-refractivity contribution in [3.63, 3.8) is 0 Å². The molecule has 0 aromatic rings. The average Bonchev–Trinajstić information content (AvgIpc) is 2.54. The van der Waals surface area contributed by atoms with Crippen LogP contribution in [0.15, 0.2) is 0 Å². The number of hydrogen-bond acceptors (Lipinski definition) is 3. The van der Waals surface area contributed by atoms with Crippen LogP contribution in [0, 0.1) is 0 Å². The van der Waals surface area contributed by atoms with Crippen LogP contribution in [0.2, 0.25) is 0 Å². The van der Waals surface area contributed by atoms with Crippen LogP contribution in [-0.2, 0) is 0 Å². The summed E-state index contributed by atoms with van der Waals surface area (Å²) in [6.45, 7) is 4.74. The summed E-state index contributed by atoms with van der Waals surface area (Å²) < 4.78 is 0. The molecular weight excluding hydrogens is 150 g/mol. The van der Waals surface area contributed by atoms with E-state index in [2.05, 4.69) is 10.2 Å². The van der Waals surface area contributed by atoms with Gasteiger partial charge >= 0.3 is 0 Å². The Kier molecular flexibility index (Phi) is 2.63. The number of piperidine rings is 1. The summed E-state index contributed by atoms with van der Waals surface area (Å²) in [5.41, 5.74) is 5.87. The van der Waals surface area contributed by atoms with Gasteiger partial charge in [-0.15, -0.1) is 0 Å². The lowest BCUT2D eigenvalue weighted by atomic mass is 10.1. The lowest BCUT2D eigenvalue weighted by molar-refractivity contribution is 0.197. The highest BCUT2D eigenvalue weighted by molar-refractivity contribution is 4.85. The Morgan fingerprint density at radius 2 is 1.92 bits per heavy atom. The number of likely N-dealkylation sites (tertiary alicyclic amines) is 1. The van der Waals surface area contributed by atoms with E-state index in [1.807, 2.05) is 0 Å². The summed E-state index contributed by atoms with van der Waals surface area (Å²) in [4.78, 5) is 2.57. The molecule has 2 rings (SSSR count). The van der Waals surface area contributed by atoms with Gasteiger partial charge in [0.15, 0.2) is 0 Å². The zero-order chi connectivity index (χ0) is 8.39. The third-order valence-electron chi connectivity index (χ3n) is 3.08. The van der Waals surface area contributed by atoms with Crippen molar-refractivity contribution in [2.75, 3.05) is 26.2 Å². The van der Waals surface area contributed by atoms with E-state index in [0.29, 0.717) is 6.04 Å². The summed E-state index contributed by atoms with van der Waals surface area (Å²) in [6, 6.07) is 1.26. The molecular formula is C9H19N3. The number of nitrogens with two attached hydrogens (primary N) is 1. The van der Waals surface area contributed by atoms with E-state index in [0.717, 1.165) is 12.6 Å². The first-order chi connectivity index (χ1) is 5.86. The molecule has 2 heterocycles. The largest absolute Gasteiger partial charge is 0.326 e. The lowest BCUT2D eigenvalue weighted by Gasteiger charge is -2.31. The molecule has 1 unspecified atom stereocenters. The molecule has 3 heteroatoms. The second kappa shape index (κ2) is 3.73. The van der Waals surface area contributed by atoms with Gasteiger partial charge < -0.3 is 11.1 Å². The first-order valence-corrected chi connectivity index (χ1v) is 5.06. The fraction of sp³-hybridized carbons (Fsp3) is 1.00.